The second-order valence-electron chi connectivity index (χ2n) is 7.97. The van der Waals surface area contributed by atoms with Gasteiger partial charge < -0.3 is 15.0 Å². The van der Waals surface area contributed by atoms with E-state index in [-0.39, 0.29) is 18.4 Å². The van der Waals surface area contributed by atoms with Crippen LogP contribution in [0.2, 0.25) is 0 Å². The molecule has 2 amide bonds. The molecule has 0 aliphatic rings. The standard InChI is InChI=1S/C25H34N2O3/c1-7-12-26-25(29)21(6)27(15-22-10-8-17(2)9-11-22)24(28)16-30-23-14-18(3)13-19(4)20(23)5/h8-11,13-14,21H,7,12,15-16H2,1-6H3,(H,26,29). The van der Waals surface area contributed by atoms with Gasteiger partial charge in [0.15, 0.2) is 6.61 Å². The molecule has 0 fully saturated rings. The van der Waals surface area contributed by atoms with Crippen LogP contribution in [0.3, 0.4) is 0 Å². The van der Waals surface area contributed by atoms with Gasteiger partial charge in [0, 0.05) is 13.1 Å². The highest BCUT2D eigenvalue weighted by Gasteiger charge is 2.26. The lowest BCUT2D eigenvalue weighted by Gasteiger charge is -2.29. The maximum Gasteiger partial charge on any atom is 0.261 e. The Hall–Kier alpha value is -2.82. The highest BCUT2D eigenvalue weighted by molar-refractivity contribution is 5.88. The summed E-state index contributed by atoms with van der Waals surface area (Å²) in [5.41, 5.74) is 5.36. The van der Waals surface area contributed by atoms with Crippen LogP contribution < -0.4 is 10.1 Å². The molecule has 0 heterocycles. The Bertz CT molecular complexity index is 875. The van der Waals surface area contributed by atoms with Gasteiger partial charge in [-0.2, -0.15) is 0 Å². The van der Waals surface area contributed by atoms with Crippen molar-refractivity contribution >= 4 is 11.8 Å². The van der Waals surface area contributed by atoms with Crippen LogP contribution in [0, 0.1) is 27.7 Å². The quantitative estimate of drug-likeness (QED) is 0.673. The zero-order valence-corrected chi connectivity index (χ0v) is 19.0. The first-order valence-corrected chi connectivity index (χ1v) is 10.6. The number of carbonyl (C=O) groups excluding carboxylic acids is 2. The van der Waals surface area contributed by atoms with Crippen molar-refractivity contribution in [3.63, 3.8) is 0 Å². The first-order valence-electron chi connectivity index (χ1n) is 10.6. The third-order valence-corrected chi connectivity index (χ3v) is 5.31. The molecule has 1 atom stereocenters. The van der Waals surface area contributed by atoms with Gasteiger partial charge in [0.1, 0.15) is 11.8 Å². The van der Waals surface area contributed by atoms with Gasteiger partial charge in [0.05, 0.1) is 0 Å². The Kier molecular flexibility index (Phi) is 8.46. The van der Waals surface area contributed by atoms with E-state index >= 15 is 0 Å². The zero-order chi connectivity index (χ0) is 22.3. The molecule has 5 nitrogen and oxygen atoms in total. The van der Waals surface area contributed by atoms with Gasteiger partial charge in [-0.25, -0.2) is 0 Å². The molecule has 0 bridgehead atoms. The highest BCUT2D eigenvalue weighted by Crippen LogP contribution is 2.23. The number of rotatable bonds is 9. The van der Waals surface area contributed by atoms with Gasteiger partial charge in [-0.3, -0.25) is 9.59 Å². The van der Waals surface area contributed by atoms with Crippen molar-refractivity contribution in [2.45, 2.75) is 60.5 Å². The lowest BCUT2D eigenvalue weighted by atomic mass is 10.1. The smallest absolute Gasteiger partial charge is 0.261 e. The Labute approximate surface area is 180 Å². The molecule has 0 aromatic heterocycles. The van der Waals surface area contributed by atoms with Gasteiger partial charge >= 0.3 is 0 Å². The van der Waals surface area contributed by atoms with Gasteiger partial charge in [0.25, 0.3) is 5.91 Å². The summed E-state index contributed by atoms with van der Waals surface area (Å²) in [5, 5.41) is 2.89. The number of benzene rings is 2. The maximum absolute atomic E-state index is 13.1. The van der Waals surface area contributed by atoms with E-state index in [1.54, 1.807) is 11.8 Å². The first-order chi connectivity index (χ1) is 14.2. The molecule has 0 saturated carbocycles. The van der Waals surface area contributed by atoms with Gasteiger partial charge in [0.2, 0.25) is 5.91 Å². The third-order valence-electron chi connectivity index (χ3n) is 5.31. The Morgan fingerprint density at radius 1 is 1.03 bits per heavy atom. The first kappa shape index (κ1) is 23.5. The molecule has 0 radical (unpaired) electrons. The van der Waals surface area contributed by atoms with Crippen LogP contribution in [0.1, 0.15) is 48.1 Å². The Morgan fingerprint density at radius 2 is 1.70 bits per heavy atom. The molecule has 5 heteroatoms. The number of aryl methyl sites for hydroxylation is 3. The number of hydrogen-bond donors (Lipinski definition) is 1. The van der Waals surface area contributed by atoms with Crippen molar-refractivity contribution < 1.29 is 14.3 Å². The number of nitrogens with one attached hydrogen (secondary N) is 1. The van der Waals surface area contributed by atoms with E-state index in [1.165, 1.54) is 0 Å². The Morgan fingerprint density at radius 3 is 2.33 bits per heavy atom. The normalized spacial score (nSPS) is 11.7. The van der Waals surface area contributed by atoms with Crippen molar-refractivity contribution in [2.75, 3.05) is 13.2 Å². The summed E-state index contributed by atoms with van der Waals surface area (Å²) in [6.07, 6.45) is 0.847. The van der Waals surface area contributed by atoms with E-state index in [0.29, 0.717) is 18.8 Å². The minimum atomic E-state index is -0.589. The largest absolute Gasteiger partial charge is 0.483 e. The lowest BCUT2D eigenvalue weighted by molar-refractivity contribution is -0.142. The molecule has 0 aliphatic heterocycles. The summed E-state index contributed by atoms with van der Waals surface area (Å²) >= 11 is 0. The van der Waals surface area contributed by atoms with Crippen molar-refractivity contribution in [1.82, 2.24) is 10.2 Å². The molecular weight excluding hydrogens is 376 g/mol. The summed E-state index contributed by atoms with van der Waals surface area (Å²) < 4.78 is 5.89. The van der Waals surface area contributed by atoms with E-state index in [2.05, 4.69) is 11.4 Å². The molecular formula is C25H34N2O3. The molecule has 0 spiro atoms. The molecule has 30 heavy (non-hydrogen) atoms. The van der Waals surface area contributed by atoms with Gasteiger partial charge in [-0.05, 0) is 69.4 Å². The third kappa shape index (κ3) is 6.34. The van der Waals surface area contributed by atoms with Gasteiger partial charge in [-0.1, -0.05) is 42.8 Å². The van der Waals surface area contributed by atoms with Crippen LogP contribution in [-0.2, 0) is 16.1 Å². The summed E-state index contributed by atoms with van der Waals surface area (Å²) in [7, 11) is 0. The van der Waals surface area contributed by atoms with Crippen LogP contribution in [0.5, 0.6) is 5.75 Å². The van der Waals surface area contributed by atoms with Crippen LogP contribution in [0.15, 0.2) is 36.4 Å². The summed E-state index contributed by atoms with van der Waals surface area (Å²) in [5.74, 6) is 0.340. The maximum atomic E-state index is 13.1. The van der Waals surface area contributed by atoms with E-state index in [1.807, 2.05) is 65.0 Å². The second-order valence-corrected chi connectivity index (χ2v) is 7.97. The lowest BCUT2D eigenvalue weighted by Crippen LogP contribution is -2.49. The van der Waals surface area contributed by atoms with E-state index in [4.69, 9.17) is 4.74 Å². The minimum Gasteiger partial charge on any atom is -0.483 e. The van der Waals surface area contributed by atoms with E-state index in [9.17, 15) is 9.59 Å². The Balaban J connectivity index is 2.18. The monoisotopic (exact) mass is 410 g/mol. The fraction of sp³-hybridized carbons (Fsp3) is 0.440. The molecule has 0 aliphatic carbocycles. The van der Waals surface area contributed by atoms with Crippen LogP contribution >= 0.6 is 0 Å². The molecule has 2 aromatic carbocycles. The molecule has 1 unspecified atom stereocenters. The molecule has 2 rings (SSSR count). The predicted molar refractivity (Wildman–Crippen MR) is 121 cm³/mol. The molecule has 0 saturated heterocycles. The number of hydrogen-bond acceptors (Lipinski definition) is 3. The predicted octanol–water partition coefficient (Wildman–Crippen LogP) is 4.24. The number of carbonyl (C=O) groups is 2. The van der Waals surface area contributed by atoms with Crippen molar-refractivity contribution in [3.8, 4) is 5.75 Å². The van der Waals surface area contributed by atoms with Gasteiger partial charge in [-0.15, -0.1) is 0 Å². The molecule has 2 aromatic rings. The highest BCUT2D eigenvalue weighted by atomic mass is 16.5. The van der Waals surface area contributed by atoms with Crippen molar-refractivity contribution in [2.24, 2.45) is 0 Å². The van der Waals surface area contributed by atoms with E-state index in [0.717, 1.165) is 34.2 Å². The molecule has 162 valence electrons. The summed E-state index contributed by atoms with van der Waals surface area (Å²) in [4.78, 5) is 27.3. The second kappa shape index (κ2) is 10.8. The number of ether oxygens (including phenoxy) is 1. The number of amides is 2. The van der Waals surface area contributed by atoms with Crippen LogP contribution in [-0.4, -0.2) is 35.9 Å². The average molecular weight is 411 g/mol. The van der Waals surface area contributed by atoms with Crippen molar-refractivity contribution in [3.05, 3.63) is 64.2 Å². The van der Waals surface area contributed by atoms with Crippen LogP contribution in [0.25, 0.3) is 0 Å². The average Bonchev–Trinajstić information content (AvgIpc) is 2.72. The summed E-state index contributed by atoms with van der Waals surface area (Å²) in [6, 6.07) is 11.4. The minimum absolute atomic E-state index is 0.110. The van der Waals surface area contributed by atoms with Crippen LogP contribution in [0.4, 0.5) is 0 Å². The fourth-order valence-electron chi connectivity index (χ4n) is 3.24. The molecule has 1 N–H and O–H groups in total. The van der Waals surface area contributed by atoms with Crippen molar-refractivity contribution in [1.29, 1.82) is 0 Å². The fourth-order valence-corrected chi connectivity index (χ4v) is 3.24. The topological polar surface area (TPSA) is 58.6 Å². The number of nitrogens with zero attached hydrogens (tertiary/aromatic N) is 1. The zero-order valence-electron chi connectivity index (χ0n) is 19.0. The summed E-state index contributed by atoms with van der Waals surface area (Å²) in [6.45, 7) is 12.6. The van der Waals surface area contributed by atoms with E-state index < -0.39 is 6.04 Å². The SMILES string of the molecule is CCCNC(=O)C(C)N(Cc1ccc(C)cc1)C(=O)COc1cc(C)cc(C)c1C.